The number of rotatable bonds is 8. The monoisotopic (exact) mass is 260 g/mol. The van der Waals surface area contributed by atoms with E-state index in [-0.39, 0.29) is 6.04 Å². The van der Waals surface area contributed by atoms with Gasteiger partial charge in [-0.1, -0.05) is 26.2 Å². The largest absolute Gasteiger partial charge is 0.480 e. The topological polar surface area (TPSA) is 98.7 Å². The maximum Gasteiger partial charge on any atom is 0.328 e. The van der Waals surface area contributed by atoms with Gasteiger partial charge in [-0.3, -0.25) is 0 Å². The Labute approximate surface area is 108 Å². The average Bonchev–Trinajstić information content (AvgIpc) is 2.25. The summed E-state index contributed by atoms with van der Waals surface area (Å²) in [5.41, 5.74) is 0. The van der Waals surface area contributed by atoms with E-state index in [9.17, 15) is 14.7 Å². The Morgan fingerprint density at radius 2 is 1.78 bits per heavy atom. The van der Waals surface area contributed by atoms with Crippen LogP contribution in [-0.4, -0.2) is 40.4 Å². The zero-order valence-electron chi connectivity index (χ0n) is 11.3. The van der Waals surface area contributed by atoms with Crippen molar-refractivity contribution in [3.63, 3.8) is 0 Å². The van der Waals surface area contributed by atoms with Crippen molar-refractivity contribution in [1.29, 1.82) is 0 Å². The molecule has 4 N–H and O–H groups in total. The van der Waals surface area contributed by atoms with E-state index in [1.54, 1.807) is 0 Å². The van der Waals surface area contributed by atoms with Gasteiger partial charge in [-0.05, 0) is 20.3 Å². The van der Waals surface area contributed by atoms with Gasteiger partial charge in [-0.2, -0.15) is 0 Å². The van der Waals surface area contributed by atoms with E-state index in [1.165, 1.54) is 6.92 Å². The van der Waals surface area contributed by atoms with Gasteiger partial charge in [0.05, 0.1) is 6.10 Å². The summed E-state index contributed by atoms with van der Waals surface area (Å²) in [6.45, 7) is 5.29. The highest BCUT2D eigenvalue weighted by Gasteiger charge is 2.25. The molecule has 0 heterocycles. The Morgan fingerprint density at radius 3 is 2.22 bits per heavy atom. The van der Waals surface area contributed by atoms with Crippen LogP contribution in [0.25, 0.3) is 0 Å². The molecule has 6 nitrogen and oxygen atoms in total. The number of nitrogens with one attached hydrogen (secondary N) is 2. The summed E-state index contributed by atoms with van der Waals surface area (Å²) in [6.07, 6.45) is 2.97. The first-order chi connectivity index (χ1) is 8.38. The van der Waals surface area contributed by atoms with E-state index in [4.69, 9.17) is 5.11 Å². The van der Waals surface area contributed by atoms with Crippen molar-refractivity contribution in [1.82, 2.24) is 10.6 Å². The highest BCUT2D eigenvalue weighted by molar-refractivity contribution is 5.83. The number of aliphatic hydroxyl groups is 1. The fraction of sp³-hybridized carbons (Fsp3) is 0.833. The van der Waals surface area contributed by atoms with Crippen molar-refractivity contribution in [2.75, 3.05) is 0 Å². The summed E-state index contributed by atoms with van der Waals surface area (Å²) in [4.78, 5) is 22.3. The van der Waals surface area contributed by atoms with Crippen molar-refractivity contribution < 1.29 is 19.8 Å². The number of carbonyl (C=O) groups is 2. The van der Waals surface area contributed by atoms with E-state index >= 15 is 0 Å². The molecule has 3 atom stereocenters. The number of hydrogen-bond donors (Lipinski definition) is 4. The van der Waals surface area contributed by atoms with Crippen LogP contribution in [0.1, 0.15) is 46.5 Å². The minimum Gasteiger partial charge on any atom is -0.480 e. The second kappa shape index (κ2) is 8.74. The highest BCUT2D eigenvalue weighted by atomic mass is 16.4. The van der Waals surface area contributed by atoms with Gasteiger partial charge in [0.2, 0.25) is 0 Å². The van der Waals surface area contributed by atoms with Gasteiger partial charge in [-0.15, -0.1) is 0 Å². The van der Waals surface area contributed by atoms with Gasteiger partial charge < -0.3 is 20.8 Å². The fourth-order valence-corrected chi connectivity index (χ4v) is 1.57. The maximum atomic E-state index is 11.5. The first-order valence-electron chi connectivity index (χ1n) is 6.36. The van der Waals surface area contributed by atoms with Gasteiger partial charge in [0.25, 0.3) is 0 Å². The molecule has 0 aliphatic heterocycles. The number of unbranched alkanes of at least 4 members (excludes halogenated alkanes) is 2. The Bertz CT molecular complexity index is 269. The van der Waals surface area contributed by atoms with Crippen molar-refractivity contribution in [2.45, 2.75) is 64.6 Å². The summed E-state index contributed by atoms with van der Waals surface area (Å²) < 4.78 is 0. The van der Waals surface area contributed by atoms with Crippen molar-refractivity contribution in [3.05, 3.63) is 0 Å². The molecule has 0 spiro atoms. The number of amides is 2. The minimum absolute atomic E-state index is 0.0139. The van der Waals surface area contributed by atoms with Crippen molar-refractivity contribution >= 4 is 12.0 Å². The predicted octanol–water partition coefficient (Wildman–Crippen LogP) is 1.09. The summed E-state index contributed by atoms with van der Waals surface area (Å²) in [7, 11) is 0. The Balaban J connectivity index is 4.04. The predicted molar refractivity (Wildman–Crippen MR) is 68.4 cm³/mol. The van der Waals surface area contributed by atoms with Gasteiger partial charge >= 0.3 is 12.0 Å². The normalized spacial score (nSPS) is 15.6. The van der Waals surface area contributed by atoms with Crippen LogP contribution in [0.2, 0.25) is 0 Å². The van der Waals surface area contributed by atoms with E-state index in [0.29, 0.717) is 0 Å². The third kappa shape index (κ3) is 7.11. The lowest BCUT2D eigenvalue weighted by Gasteiger charge is -2.20. The molecule has 0 aliphatic rings. The standard InChI is InChI=1S/C12H24N2O4/c1-4-5-6-7-8(2)13-12(18)14-10(9(3)15)11(16)17/h8-10,15H,4-7H2,1-3H3,(H,16,17)(H2,13,14,18). The second-order valence-electron chi connectivity index (χ2n) is 4.57. The smallest absolute Gasteiger partial charge is 0.328 e. The number of aliphatic hydroxyl groups excluding tert-OH is 1. The molecule has 0 rings (SSSR count). The van der Waals surface area contributed by atoms with Crippen molar-refractivity contribution in [2.24, 2.45) is 0 Å². The molecule has 0 aliphatic carbocycles. The van der Waals surface area contributed by atoms with Crippen LogP contribution in [0.15, 0.2) is 0 Å². The van der Waals surface area contributed by atoms with Gasteiger partial charge in [-0.25, -0.2) is 9.59 Å². The molecule has 3 unspecified atom stereocenters. The molecule has 0 aromatic rings. The summed E-state index contributed by atoms with van der Waals surface area (Å²) >= 11 is 0. The number of carboxylic acids is 1. The van der Waals surface area contributed by atoms with E-state index in [2.05, 4.69) is 17.6 Å². The Kier molecular flexibility index (Phi) is 8.11. The van der Waals surface area contributed by atoms with Crippen LogP contribution < -0.4 is 10.6 Å². The van der Waals surface area contributed by atoms with Crippen LogP contribution in [-0.2, 0) is 4.79 Å². The summed E-state index contributed by atoms with van der Waals surface area (Å²) in [6, 6.07) is -1.86. The molecule has 0 aromatic carbocycles. The number of urea groups is 1. The average molecular weight is 260 g/mol. The number of hydrogen-bond acceptors (Lipinski definition) is 3. The van der Waals surface area contributed by atoms with Gasteiger partial charge in [0, 0.05) is 6.04 Å². The van der Waals surface area contributed by atoms with Crippen LogP contribution in [0.5, 0.6) is 0 Å². The molecule has 6 heteroatoms. The van der Waals surface area contributed by atoms with Gasteiger partial charge in [0.15, 0.2) is 6.04 Å². The molecule has 106 valence electrons. The van der Waals surface area contributed by atoms with Crippen LogP contribution in [0, 0.1) is 0 Å². The molecule has 0 radical (unpaired) electrons. The van der Waals surface area contributed by atoms with Gasteiger partial charge in [0.1, 0.15) is 0 Å². The lowest BCUT2D eigenvalue weighted by molar-refractivity contribution is -0.141. The van der Waals surface area contributed by atoms with E-state index in [0.717, 1.165) is 25.7 Å². The fourth-order valence-electron chi connectivity index (χ4n) is 1.57. The number of aliphatic carboxylic acids is 1. The zero-order chi connectivity index (χ0) is 14.1. The lowest BCUT2D eigenvalue weighted by Crippen LogP contribution is -2.52. The Hall–Kier alpha value is -1.30. The highest BCUT2D eigenvalue weighted by Crippen LogP contribution is 2.02. The zero-order valence-corrected chi connectivity index (χ0v) is 11.3. The second-order valence-corrected chi connectivity index (χ2v) is 4.57. The minimum atomic E-state index is -1.28. The van der Waals surface area contributed by atoms with Crippen LogP contribution in [0.3, 0.4) is 0 Å². The lowest BCUT2D eigenvalue weighted by atomic mass is 10.1. The molecular weight excluding hydrogens is 236 g/mol. The van der Waals surface area contributed by atoms with Crippen molar-refractivity contribution in [3.8, 4) is 0 Å². The third-order valence-electron chi connectivity index (χ3n) is 2.65. The van der Waals surface area contributed by atoms with E-state index in [1.807, 2.05) is 6.92 Å². The summed E-state index contributed by atoms with van der Waals surface area (Å²) in [5, 5.41) is 22.9. The molecule has 0 bridgehead atoms. The maximum absolute atomic E-state index is 11.5. The SMILES string of the molecule is CCCCCC(C)NC(=O)NC(C(=O)O)C(C)O. The molecular formula is C12H24N2O4. The molecule has 0 aromatic heterocycles. The Morgan fingerprint density at radius 1 is 1.17 bits per heavy atom. The van der Waals surface area contributed by atoms with Crippen LogP contribution in [0.4, 0.5) is 4.79 Å². The number of carbonyl (C=O) groups excluding carboxylic acids is 1. The van der Waals surface area contributed by atoms with E-state index < -0.39 is 24.1 Å². The first kappa shape index (κ1) is 16.7. The first-order valence-corrected chi connectivity index (χ1v) is 6.36. The molecule has 2 amide bonds. The van der Waals surface area contributed by atoms with Crippen LogP contribution >= 0.6 is 0 Å². The molecule has 18 heavy (non-hydrogen) atoms. The molecule has 0 fully saturated rings. The quantitative estimate of drug-likeness (QED) is 0.491. The number of carboxylic acid groups (broad SMARTS) is 1. The summed E-state index contributed by atoms with van der Waals surface area (Å²) in [5.74, 6) is -1.25. The molecule has 0 saturated carbocycles. The third-order valence-corrected chi connectivity index (χ3v) is 2.65. The molecule has 0 saturated heterocycles.